The van der Waals surface area contributed by atoms with E-state index < -0.39 is 35.6 Å². The molecule has 8 nitrogen and oxygen atoms in total. The third kappa shape index (κ3) is 3.73. The molecule has 0 saturated carbocycles. The van der Waals surface area contributed by atoms with Gasteiger partial charge >= 0.3 is 5.97 Å². The molecule has 3 saturated heterocycles. The number of aliphatic hydroxyl groups is 1. The van der Waals surface area contributed by atoms with E-state index in [9.17, 15) is 19.5 Å². The third-order valence-corrected chi connectivity index (χ3v) is 7.66. The molecule has 1 aromatic rings. The molecule has 3 aliphatic heterocycles. The molecule has 3 heterocycles. The number of rotatable bonds is 10. The van der Waals surface area contributed by atoms with Crippen molar-refractivity contribution in [2.24, 2.45) is 11.8 Å². The van der Waals surface area contributed by atoms with Crippen LogP contribution < -0.4 is 4.90 Å². The minimum Gasteiger partial charge on any atom is -0.481 e. The van der Waals surface area contributed by atoms with Crippen molar-refractivity contribution in [3.05, 3.63) is 42.0 Å². The number of hydrogen-bond acceptors (Lipinski definition) is 5. The number of carbonyl (C=O) groups excluding carboxylic acids is 2. The summed E-state index contributed by atoms with van der Waals surface area (Å²) in [5.41, 5.74) is 1.52. The van der Waals surface area contributed by atoms with Crippen LogP contribution in [0.1, 0.15) is 43.2 Å². The molecule has 4 rings (SSSR count). The highest BCUT2D eigenvalue weighted by Crippen LogP contribution is 2.58. The van der Waals surface area contributed by atoms with Gasteiger partial charge in [0.2, 0.25) is 5.91 Å². The minimum atomic E-state index is -1.13. The van der Waals surface area contributed by atoms with Crippen molar-refractivity contribution in [3.63, 3.8) is 0 Å². The number of ether oxygens (including phenoxy) is 1. The molecule has 2 bridgehead atoms. The molecular formula is C26H34N2O6. The summed E-state index contributed by atoms with van der Waals surface area (Å²) in [6.07, 6.45) is 4.05. The molecule has 1 aromatic carbocycles. The molecule has 0 unspecified atom stereocenters. The number of fused-ring (bicyclic) bond motifs is 1. The number of benzene rings is 1. The van der Waals surface area contributed by atoms with Gasteiger partial charge in [-0.05, 0) is 57.1 Å². The number of carboxylic acid groups (broad SMARTS) is 1. The molecule has 3 fully saturated rings. The number of aliphatic hydroxyl groups excluding tert-OH is 1. The van der Waals surface area contributed by atoms with Crippen LogP contribution in [0.4, 0.5) is 5.69 Å². The summed E-state index contributed by atoms with van der Waals surface area (Å²) in [4.78, 5) is 43.3. The Balaban J connectivity index is 1.76. The smallest absolute Gasteiger partial charge is 0.310 e. The van der Waals surface area contributed by atoms with Crippen molar-refractivity contribution < 1.29 is 29.3 Å². The normalized spacial score (nSPS) is 29.4. The number of anilines is 1. The van der Waals surface area contributed by atoms with Crippen molar-refractivity contribution in [1.29, 1.82) is 0 Å². The SMILES string of the molecule is C=CCN(C(=O)[C@H]1N(CCCCCO)C(=O)[C@@H]2[C@@H](C(=O)O)[C@H]3CC[C@]21O3)c1c(C)cccc1C. The largest absolute Gasteiger partial charge is 0.481 e. The minimum absolute atomic E-state index is 0.0639. The lowest BCUT2D eigenvalue weighted by atomic mass is 9.70. The quantitative estimate of drug-likeness (QED) is 0.402. The number of carbonyl (C=O) groups is 3. The van der Waals surface area contributed by atoms with E-state index in [2.05, 4.69) is 6.58 Å². The number of hydrogen-bond donors (Lipinski definition) is 2. The van der Waals surface area contributed by atoms with E-state index >= 15 is 0 Å². The summed E-state index contributed by atoms with van der Waals surface area (Å²) in [6.45, 7) is 8.37. The molecule has 2 amide bonds. The van der Waals surface area contributed by atoms with Gasteiger partial charge in [0, 0.05) is 25.4 Å². The van der Waals surface area contributed by atoms with Crippen molar-refractivity contribution in [2.75, 3.05) is 24.6 Å². The highest BCUT2D eigenvalue weighted by Gasteiger charge is 2.74. The van der Waals surface area contributed by atoms with Gasteiger partial charge in [0.05, 0.1) is 17.9 Å². The van der Waals surface area contributed by atoms with Gasteiger partial charge in [-0.3, -0.25) is 14.4 Å². The van der Waals surface area contributed by atoms with Crippen molar-refractivity contribution in [2.45, 2.75) is 63.7 Å². The molecule has 0 aromatic heterocycles. The number of carboxylic acids is 1. The van der Waals surface area contributed by atoms with E-state index in [4.69, 9.17) is 9.84 Å². The topological polar surface area (TPSA) is 107 Å². The van der Waals surface area contributed by atoms with E-state index in [0.717, 1.165) is 16.8 Å². The van der Waals surface area contributed by atoms with Crippen molar-refractivity contribution >= 4 is 23.5 Å². The van der Waals surface area contributed by atoms with Crippen LogP contribution in [0.2, 0.25) is 0 Å². The Bertz CT molecular complexity index is 973. The predicted molar refractivity (Wildman–Crippen MR) is 126 cm³/mol. The van der Waals surface area contributed by atoms with Gasteiger partial charge in [0.15, 0.2) is 0 Å². The Labute approximate surface area is 200 Å². The summed E-state index contributed by atoms with van der Waals surface area (Å²) in [6, 6.07) is 4.92. The highest BCUT2D eigenvalue weighted by molar-refractivity contribution is 6.05. The number of unbranched alkanes of at least 4 members (excludes halogenated alkanes) is 2. The average Bonchev–Trinajstić information content (AvgIpc) is 3.43. The van der Waals surface area contributed by atoms with E-state index in [1.165, 1.54) is 0 Å². The van der Waals surface area contributed by atoms with Gasteiger partial charge in [0.25, 0.3) is 5.91 Å². The lowest BCUT2D eigenvalue weighted by Gasteiger charge is -2.37. The van der Waals surface area contributed by atoms with Crippen molar-refractivity contribution in [1.82, 2.24) is 4.90 Å². The third-order valence-electron chi connectivity index (χ3n) is 7.66. The standard InChI is InChI=1S/C26H34N2O6/c1-4-13-27(21-16(2)9-8-10-17(21)3)24(31)22-26-12-11-18(34-26)19(25(32)33)20(26)23(30)28(22)14-6-5-7-15-29/h4,8-10,18-20,22,29H,1,5-7,11-15H2,2-3H3,(H,32,33)/t18-,19+,20+,22-,26+/m1/s1. The fraction of sp³-hybridized carbons (Fsp3) is 0.577. The highest BCUT2D eigenvalue weighted by atomic mass is 16.5. The average molecular weight is 471 g/mol. The molecular weight excluding hydrogens is 436 g/mol. The lowest BCUT2D eigenvalue weighted by Crippen LogP contribution is -2.56. The number of nitrogens with zero attached hydrogens (tertiary/aromatic N) is 2. The monoisotopic (exact) mass is 470 g/mol. The van der Waals surface area contributed by atoms with E-state index in [0.29, 0.717) is 38.6 Å². The second-order valence-electron chi connectivity index (χ2n) is 9.69. The van der Waals surface area contributed by atoms with Crippen LogP contribution in [-0.4, -0.2) is 70.3 Å². The molecule has 184 valence electrons. The van der Waals surface area contributed by atoms with Gasteiger partial charge in [-0.1, -0.05) is 24.3 Å². The molecule has 0 aliphatic carbocycles. The van der Waals surface area contributed by atoms with Gasteiger partial charge in [0.1, 0.15) is 11.6 Å². The summed E-state index contributed by atoms with van der Waals surface area (Å²) in [5.74, 6) is -3.42. The van der Waals surface area contributed by atoms with E-state index in [1.54, 1.807) is 15.9 Å². The Morgan fingerprint density at radius 1 is 1.26 bits per heavy atom. The van der Waals surface area contributed by atoms with Crippen LogP contribution in [0.25, 0.3) is 0 Å². The summed E-state index contributed by atoms with van der Waals surface area (Å²) >= 11 is 0. The fourth-order valence-corrected chi connectivity index (χ4v) is 6.32. The first-order valence-electron chi connectivity index (χ1n) is 12.1. The number of aryl methyl sites for hydroxylation is 2. The van der Waals surface area contributed by atoms with Crippen LogP contribution in [0.5, 0.6) is 0 Å². The van der Waals surface area contributed by atoms with Gasteiger partial charge in [-0.25, -0.2) is 0 Å². The predicted octanol–water partition coefficient (Wildman–Crippen LogP) is 2.44. The Kier molecular flexibility index (Phi) is 6.82. The molecule has 8 heteroatoms. The zero-order valence-corrected chi connectivity index (χ0v) is 19.9. The second-order valence-corrected chi connectivity index (χ2v) is 9.69. The maximum atomic E-state index is 14.3. The summed E-state index contributed by atoms with van der Waals surface area (Å²) < 4.78 is 6.29. The first kappa shape index (κ1) is 24.4. The summed E-state index contributed by atoms with van der Waals surface area (Å²) in [7, 11) is 0. The van der Waals surface area contributed by atoms with Crippen LogP contribution >= 0.6 is 0 Å². The summed E-state index contributed by atoms with van der Waals surface area (Å²) in [5, 5.41) is 19.0. The van der Waals surface area contributed by atoms with E-state index in [1.807, 2.05) is 32.0 Å². The van der Waals surface area contributed by atoms with Crippen LogP contribution in [-0.2, 0) is 19.1 Å². The number of amides is 2. The molecule has 3 aliphatic rings. The number of aliphatic carboxylic acids is 1. The van der Waals surface area contributed by atoms with Crippen molar-refractivity contribution in [3.8, 4) is 0 Å². The van der Waals surface area contributed by atoms with Crippen LogP contribution in [0.15, 0.2) is 30.9 Å². The zero-order valence-electron chi connectivity index (χ0n) is 19.9. The Hall–Kier alpha value is -2.71. The zero-order chi connectivity index (χ0) is 24.6. The number of para-hydroxylation sites is 1. The van der Waals surface area contributed by atoms with E-state index in [-0.39, 0.29) is 25.0 Å². The first-order chi connectivity index (χ1) is 16.3. The first-order valence-corrected chi connectivity index (χ1v) is 12.1. The maximum Gasteiger partial charge on any atom is 0.310 e. The molecule has 5 atom stereocenters. The second kappa shape index (κ2) is 9.50. The van der Waals surface area contributed by atoms with Crippen LogP contribution in [0.3, 0.4) is 0 Å². The van der Waals surface area contributed by atoms with Gasteiger partial charge in [-0.15, -0.1) is 6.58 Å². The van der Waals surface area contributed by atoms with Gasteiger partial charge in [-0.2, -0.15) is 0 Å². The molecule has 2 N–H and O–H groups in total. The Morgan fingerprint density at radius 3 is 2.59 bits per heavy atom. The van der Waals surface area contributed by atoms with Gasteiger partial charge < -0.3 is 24.7 Å². The fourth-order valence-electron chi connectivity index (χ4n) is 6.32. The molecule has 1 spiro atoms. The lowest BCUT2D eigenvalue weighted by molar-refractivity contribution is -0.149. The van der Waals surface area contributed by atoms with Crippen LogP contribution in [0, 0.1) is 25.7 Å². The molecule has 0 radical (unpaired) electrons. The Morgan fingerprint density at radius 2 is 1.97 bits per heavy atom. The maximum absolute atomic E-state index is 14.3. The molecule has 34 heavy (non-hydrogen) atoms. The number of likely N-dealkylation sites (tertiary alicyclic amines) is 1.